The molecule has 0 aliphatic rings. The summed E-state index contributed by atoms with van der Waals surface area (Å²) in [5, 5.41) is 16.8. The van der Waals surface area contributed by atoms with Crippen LogP contribution in [0.2, 0.25) is 0 Å². The first-order chi connectivity index (χ1) is 17.4. The Morgan fingerprint density at radius 3 is 0.703 bits per heavy atom. The number of carboxylic acid groups (broad SMARTS) is 2. The second-order valence-electron chi connectivity index (χ2n) is 9.94. The molecule has 0 aliphatic heterocycles. The molecule has 0 aliphatic carbocycles. The van der Waals surface area contributed by atoms with Crippen molar-refractivity contribution in [3.8, 4) is 0 Å². The molecule has 0 amide bonds. The van der Waals surface area contributed by atoms with E-state index in [1.54, 1.807) is 0 Å². The topological polar surface area (TPSA) is 74.6 Å². The van der Waals surface area contributed by atoms with E-state index in [0.29, 0.717) is 12.8 Å². The fourth-order valence-electron chi connectivity index (χ4n) is 3.17. The van der Waals surface area contributed by atoms with Crippen LogP contribution in [-0.2, 0) is 9.59 Å². The van der Waals surface area contributed by atoms with E-state index in [1.807, 2.05) is 0 Å². The normalized spacial score (nSPS) is 9.46. The van der Waals surface area contributed by atoms with Crippen molar-refractivity contribution in [1.82, 2.24) is 0 Å². The molecule has 0 aromatic carbocycles. The number of hydrogen-bond donors (Lipinski definition) is 2. The molecule has 2 N–H and O–H groups in total. The molecule has 224 valence electrons. The number of carbonyl (C=O) groups is 2. The van der Waals surface area contributed by atoms with Crippen LogP contribution in [0, 0.1) is 0 Å². The molecule has 0 fully saturated rings. The van der Waals surface area contributed by atoms with Crippen molar-refractivity contribution in [2.45, 2.75) is 196 Å². The monoisotopic (exact) mass is 636 g/mol. The van der Waals surface area contributed by atoms with Crippen LogP contribution >= 0.6 is 0 Å². The number of hydrogen-bond acceptors (Lipinski definition) is 2. The van der Waals surface area contributed by atoms with E-state index >= 15 is 0 Å². The predicted molar refractivity (Wildman–Crippen MR) is 166 cm³/mol. The minimum Gasteiger partial charge on any atom is -0.481 e. The van der Waals surface area contributed by atoms with Crippen LogP contribution in [-0.4, -0.2) is 46.1 Å². The summed E-state index contributed by atoms with van der Waals surface area (Å²) in [6.45, 7) is 13.2. The molecule has 0 rings (SSSR count). The van der Waals surface area contributed by atoms with E-state index < -0.39 is 11.9 Å². The van der Waals surface area contributed by atoms with Crippen LogP contribution < -0.4 is 0 Å². The van der Waals surface area contributed by atoms with Crippen LogP contribution in [0.3, 0.4) is 0 Å². The first-order valence-corrected chi connectivity index (χ1v) is 15.8. The Kier molecular flexibility index (Phi) is 61.4. The summed E-state index contributed by atoms with van der Waals surface area (Å²) < 4.78 is 0. The zero-order chi connectivity index (χ0) is 28.1. The van der Waals surface area contributed by atoms with Gasteiger partial charge in [0.05, 0.1) is 0 Å². The summed E-state index contributed by atoms with van der Waals surface area (Å²) in [5.41, 5.74) is 0. The van der Waals surface area contributed by atoms with E-state index in [-0.39, 0.29) is 23.9 Å². The van der Waals surface area contributed by atoms with Gasteiger partial charge < -0.3 is 10.2 Å². The molecule has 0 heterocycles. The predicted octanol–water partition coefficient (Wildman–Crippen LogP) is 11.2. The quantitative estimate of drug-likeness (QED) is 0.0917. The minimum absolute atomic E-state index is 0. The van der Waals surface area contributed by atoms with Crippen molar-refractivity contribution in [2.24, 2.45) is 0 Å². The van der Waals surface area contributed by atoms with E-state index in [4.69, 9.17) is 10.2 Å². The Hall–Kier alpha value is -0.261. The molecule has 4 nitrogen and oxygen atoms in total. The summed E-state index contributed by atoms with van der Waals surface area (Å²) in [5.74, 6) is -1.32. The van der Waals surface area contributed by atoms with Crippen molar-refractivity contribution in [2.75, 3.05) is 0 Å². The van der Waals surface area contributed by atoms with Gasteiger partial charge in [-0.15, -0.1) is 0 Å². The Morgan fingerprint density at radius 2 is 0.541 bits per heavy atom. The average Bonchev–Trinajstić information content (AvgIpc) is 2.87. The Labute approximate surface area is 250 Å². The number of aliphatic carboxylic acids is 2. The second kappa shape index (κ2) is 48.8. The van der Waals surface area contributed by atoms with Gasteiger partial charge in [0.25, 0.3) is 0 Å². The third-order valence-corrected chi connectivity index (χ3v) is 5.99. The summed E-state index contributed by atoms with van der Waals surface area (Å²) in [6, 6.07) is 0. The van der Waals surface area contributed by atoms with Crippen LogP contribution in [0.5, 0.6) is 0 Å². The SMILES string of the molecule is CCCC.CCCC.CCCCCCCCCCCC(=O)O.CCCCCCCCCCCC(=O)O.[Sn]. The molecule has 4 radical (unpaired) electrons. The smallest absolute Gasteiger partial charge is 0.303 e. The summed E-state index contributed by atoms with van der Waals surface area (Å²) in [6.07, 6.45) is 28.2. The van der Waals surface area contributed by atoms with Crippen molar-refractivity contribution >= 4 is 35.8 Å². The van der Waals surface area contributed by atoms with Gasteiger partial charge in [0.1, 0.15) is 0 Å². The first-order valence-electron chi connectivity index (χ1n) is 15.8. The summed E-state index contributed by atoms with van der Waals surface area (Å²) in [7, 11) is 0. The van der Waals surface area contributed by atoms with Crippen molar-refractivity contribution in [1.29, 1.82) is 0 Å². The molecule has 0 bridgehead atoms. The standard InChI is InChI=1S/2C12H24O2.2C4H10.Sn/c2*1-2-3-4-5-6-7-8-9-10-11-12(13)14;2*1-3-4-2;/h2*2-11H2,1H3,(H,13,14);2*3-4H2,1-2H3;. The molecular formula is C32H68O4Sn. The molecule has 5 heteroatoms. The second-order valence-corrected chi connectivity index (χ2v) is 9.94. The van der Waals surface area contributed by atoms with Crippen molar-refractivity contribution in [3.05, 3.63) is 0 Å². The van der Waals surface area contributed by atoms with Gasteiger partial charge in [-0.2, -0.15) is 0 Å². The molecule has 0 aromatic rings. The number of rotatable bonds is 22. The van der Waals surface area contributed by atoms with E-state index in [1.165, 1.54) is 116 Å². The molecule has 0 unspecified atom stereocenters. The molecule has 0 saturated heterocycles. The molecule has 0 aromatic heterocycles. The van der Waals surface area contributed by atoms with Crippen LogP contribution in [0.25, 0.3) is 0 Å². The number of carboxylic acids is 2. The average molecular weight is 636 g/mol. The van der Waals surface area contributed by atoms with Crippen LogP contribution in [0.1, 0.15) is 196 Å². The minimum atomic E-state index is -0.659. The fraction of sp³-hybridized carbons (Fsp3) is 0.938. The van der Waals surface area contributed by atoms with Gasteiger partial charge in [-0.1, -0.05) is 170 Å². The summed E-state index contributed by atoms with van der Waals surface area (Å²) in [4.78, 5) is 20.4. The summed E-state index contributed by atoms with van der Waals surface area (Å²) >= 11 is 0. The van der Waals surface area contributed by atoms with Gasteiger partial charge in [-0.05, 0) is 12.8 Å². The third kappa shape index (κ3) is 72.2. The van der Waals surface area contributed by atoms with Gasteiger partial charge in [-0.25, -0.2) is 0 Å². The third-order valence-electron chi connectivity index (χ3n) is 5.99. The first kappa shape index (κ1) is 46.6. The van der Waals surface area contributed by atoms with Crippen LogP contribution in [0.15, 0.2) is 0 Å². The van der Waals surface area contributed by atoms with Gasteiger partial charge in [0.2, 0.25) is 0 Å². The van der Waals surface area contributed by atoms with Crippen molar-refractivity contribution < 1.29 is 19.8 Å². The van der Waals surface area contributed by atoms with Crippen molar-refractivity contribution in [3.63, 3.8) is 0 Å². The maximum Gasteiger partial charge on any atom is 0.303 e. The Bertz CT molecular complexity index is 349. The van der Waals surface area contributed by atoms with Crippen LogP contribution in [0.4, 0.5) is 0 Å². The Morgan fingerprint density at radius 1 is 0.351 bits per heavy atom. The van der Waals surface area contributed by atoms with Gasteiger partial charge in [0.15, 0.2) is 0 Å². The Balaban J connectivity index is -0.000000140. The zero-order valence-corrected chi connectivity index (χ0v) is 29.0. The largest absolute Gasteiger partial charge is 0.481 e. The van der Waals surface area contributed by atoms with Gasteiger partial charge >= 0.3 is 11.9 Å². The van der Waals surface area contributed by atoms with E-state index in [9.17, 15) is 9.59 Å². The molecule has 0 saturated carbocycles. The molecule has 0 atom stereocenters. The molecule has 0 spiro atoms. The van der Waals surface area contributed by atoms with E-state index in [0.717, 1.165) is 25.7 Å². The van der Waals surface area contributed by atoms with E-state index in [2.05, 4.69) is 41.5 Å². The molecule has 37 heavy (non-hydrogen) atoms. The van der Waals surface area contributed by atoms with Gasteiger partial charge in [0, 0.05) is 36.7 Å². The fourth-order valence-corrected chi connectivity index (χ4v) is 3.17. The van der Waals surface area contributed by atoms with Gasteiger partial charge in [-0.3, -0.25) is 9.59 Å². The number of unbranched alkanes of at least 4 members (excludes halogenated alkanes) is 18. The zero-order valence-electron chi connectivity index (χ0n) is 26.2. The molecular weight excluding hydrogens is 567 g/mol. The maximum absolute atomic E-state index is 10.2. The maximum atomic E-state index is 10.2.